The van der Waals surface area contributed by atoms with Crippen LogP contribution < -0.4 is 0 Å². The highest BCUT2D eigenvalue weighted by Crippen LogP contribution is 2.22. The largest absolute Gasteiger partial charge is 0.395 e. The molecule has 1 heterocycles. The normalized spacial score (nSPS) is 17.5. The minimum Gasteiger partial charge on any atom is -0.395 e. The van der Waals surface area contributed by atoms with E-state index in [1.54, 1.807) is 4.90 Å². The van der Waals surface area contributed by atoms with Crippen molar-refractivity contribution in [2.45, 2.75) is 26.2 Å². The maximum absolute atomic E-state index is 13.5. The Morgan fingerprint density at radius 3 is 3.00 bits per heavy atom. The number of rotatable bonds is 3. The summed E-state index contributed by atoms with van der Waals surface area (Å²) in [6, 6.07) is 4.09. The molecule has 4 heteroatoms. The molecule has 0 spiro atoms. The summed E-state index contributed by atoms with van der Waals surface area (Å²) >= 11 is 0. The molecule has 1 amide bonds. The molecule has 2 rings (SSSR count). The lowest BCUT2D eigenvalue weighted by Crippen LogP contribution is -2.29. The summed E-state index contributed by atoms with van der Waals surface area (Å²) in [5, 5.41) is 8.76. The molecule has 1 unspecified atom stereocenters. The van der Waals surface area contributed by atoms with Crippen molar-refractivity contribution in [1.29, 1.82) is 0 Å². The van der Waals surface area contributed by atoms with Gasteiger partial charge in [0.15, 0.2) is 0 Å². The van der Waals surface area contributed by atoms with Crippen LogP contribution in [-0.4, -0.2) is 35.6 Å². The third-order valence-corrected chi connectivity index (χ3v) is 3.82. The third kappa shape index (κ3) is 3.83. The molecular formula is C17H20FNO2. The van der Waals surface area contributed by atoms with Gasteiger partial charge in [-0.05, 0) is 30.5 Å². The average Bonchev–Trinajstić information content (AvgIpc) is 2.97. The van der Waals surface area contributed by atoms with Crippen molar-refractivity contribution < 1.29 is 14.3 Å². The predicted octanol–water partition coefficient (Wildman–Crippen LogP) is 2.43. The van der Waals surface area contributed by atoms with E-state index < -0.39 is 5.82 Å². The number of aliphatic hydroxyl groups is 1. The molecule has 1 atom stereocenters. The van der Waals surface area contributed by atoms with Crippen LogP contribution in [0.1, 0.15) is 42.1 Å². The predicted molar refractivity (Wildman–Crippen MR) is 79.3 cm³/mol. The van der Waals surface area contributed by atoms with Gasteiger partial charge in [0.2, 0.25) is 0 Å². The van der Waals surface area contributed by atoms with Crippen LogP contribution in [0.15, 0.2) is 18.2 Å². The number of benzene rings is 1. The smallest absolute Gasteiger partial charge is 0.255 e. The molecule has 1 aliphatic heterocycles. The first kappa shape index (κ1) is 15.5. The van der Waals surface area contributed by atoms with Gasteiger partial charge in [0, 0.05) is 25.1 Å². The van der Waals surface area contributed by atoms with E-state index in [9.17, 15) is 9.18 Å². The fourth-order valence-electron chi connectivity index (χ4n) is 2.54. The molecule has 0 radical (unpaired) electrons. The van der Waals surface area contributed by atoms with E-state index in [1.165, 1.54) is 18.2 Å². The van der Waals surface area contributed by atoms with Crippen molar-refractivity contribution in [1.82, 2.24) is 4.90 Å². The molecule has 0 aliphatic carbocycles. The van der Waals surface area contributed by atoms with E-state index in [0.29, 0.717) is 23.5 Å². The number of carbonyl (C=O) groups excluding carboxylic acids is 1. The molecular weight excluding hydrogens is 269 g/mol. The monoisotopic (exact) mass is 289 g/mol. The van der Waals surface area contributed by atoms with Gasteiger partial charge in [-0.15, -0.1) is 0 Å². The maximum Gasteiger partial charge on any atom is 0.255 e. The fourth-order valence-corrected chi connectivity index (χ4v) is 2.54. The number of carbonyl (C=O) groups is 1. The highest BCUT2D eigenvalue weighted by molar-refractivity contribution is 5.97. The first-order chi connectivity index (χ1) is 10.2. The molecule has 0 bridgehead atoms. The molecule has 1 N–H and O–H groups in total. The van der Waals surface area contributed by atoms with E-state index in [4.69, 9.17) is 5.11 Å². The topological polar surface area (TPSA) is 40.5 Å². The first-order valence-electron chi connectivity index (χ1n) is 7.34. The molecule has 0 saturated carbocycles. The number of nitrogens with zero attached hydrogens (tertiary/aromatic N) is 1. The minimum absolute atomic E-state index is 0.0260. The number of hydrogen-bond donors (Lipinski definition) is 1. The Morgan fingerprint density at radius 1 is 1.52 bits per heavy atom. The van der Waals surface area contributed by atoms with E-state index in [-0.39, 0.29) is 12.5 Å². The molecule has 3 nitrogen and oxygen atoms in total. The van der Waals surface area contributed by atoms with Gasteiger partial charge in [0.1, 0.15) is 5.82 Å². The van der Waals surface area contributed by atoms with Gasteiger partial charge in [-0.1, -0.05) is 25.2 Å². The van der Waals surface area contributed by atoms with Gasteiger partial charge in [0.05, 0.1) is 12.2 Å². The van der Waals surface area contributed by atoms with Gasteiger partial charge < -0.3 is 10.0 Å². The van der Waals surface area contributed by atoms with Gasteiger partial charge >= 0.3 is 0 Å². The van der Waals surface area contributed by atoms with Crippen LogP contribution in [0.4, 0.5) is 4.39 Å². The van der Waals surface area contributed by atoms with Crippen molar-refractivity contribution in [2.75, 3.05) is 19.7 Å². The second kappa shape index (κ2) is 7.24. The van der Waals surface area contributed by atoms with E-state index in [1.807, 2.05) is 0 Å². The lowest BCUT2D eigenvalue weighted by atomic mass is 10.1. The van der Waals surface area contributed by atoms with Crippen molar-refractivity contribution in [3.63, 3.8) is 0 Å². The Morgan fingerprint density at radius 2 is 2.33 bits per heavy atom. The highest BCUT2D eigenvalue weighted by atomic mass is 19.1. The minimum atomic E-state index is -0.433. The van der Waals surface area contributed by atoms with Crippen molar-refractivity contribution >= 4 is 5.91 Å². The molecule has 112 valence electrons. The van der Waals surface area contributed by atoms with Crippen LogP contribution in [0.3, 0.4) is 0 Å². The lowest BCUT2D eigenvalue weighted by molar-refractivity contribution is 0.0786. The summed E-state index contributed by atoms with van der Waals surface area (Å²) in [5.41, 5.74) is 0.840. The number of amides is 1. The van der Waals surface area contributed by atoms with Crippen molar-refractivity contribution in [3.05, 3.63) is 35.1 Å². The van der Waals surface area contributed by atoms with Crippen LogP contribution in [0, 0.1) is 23.6 Å². The van der Waals surface area contributed by atoms with Gasteiger partial charge in [-0.3, -0.25) is 4.79 Å². The van der Waals surface area contributed by atoms with Crippen LogP contribution in [0.2, 0.25) is 0 Å². The average molecular weight is 289 g/mol. The van der Waals surface area contributed by atoms with Gasteiger partial charge in [-0.2, -0.15) is 0 Å². The molecule has 21 heavy (non-hydrogen) atoms. The van der Waals surface area contributed by atoms with E-state index in [0.717, 1.165) is 25.9 Å². The van der Waals surface area contributed by atoms with Crippen LogP contribution in [0.5, 0.6) is 0 Å². The Hall–Kier alpha value is -1.86. The summed E-state index contributed by atoms with van der Waals surface area (Å²) in [5.74, 6) is 5.58. The Labute approximate surface area is 124 Å². The van der Waals surface area contributed by atoms with Crippen molar-refractivity contribution in [2.24, 2.45) is 5.92 Å². The number of likely N-dealkylation sites (tertiary alicyclic amines) is 1. The number of hydrogen-bond acceptors (Lipinski definition) is 2. The molecule has 1 aromatic rings. The molecule has 1 aliphatic rings. The van der Waals surface area contributed by atoms with Gasteiger partial charge in [0.25, 0.3) is 5.91 Å². The Bertz CT molecular complexity index is 574. The Balaban J connectivity index is 2.23. The highest BCUT2D eigenvalue weighted by Gasteiger charge is 2.27. The van der Waals surface area contributed by atoms with Crippen molar-refractivity contribution in [3.8, 4) is 11.8 Å². The zero-order valence-corrected chi connectivity index (χ0v) is 12.2. The van der Waals surface area contributed by atoms with E-state index >= 15 is 0 Å². The molecule has 1 aromatic carbocycles. The molecule has 1 saturated heterocycles. The molecule has 0 aromatic heterocycles. The summed E-state index contributed by atoms with van der Waals surface area (Å²) in [6.07, 6.45) is 2.39. The zero-order valence-electron chi connectivity index (χ0n) is 12.2. The van der Waals surface area contributed by atoms with E-state index in [2.05, 4.69) is 18.8 Å². The summed E-state index contributed by atoms with van der Waals surface area (Å²) < 4.78 is 13.5. The third-order valence-electron chi connectivity index (χ3n) is 3.82. The number of halogens is 1. The quantitative estimate of drug-likeness (QED) is 0.868. The fraction of sp³-hybridized carbons (Fsp3) is 0.471. The lowest BCUT2D eigenvalue weighted by Gasteiger charge is -2.17. The van der Waals surface area contributed by atoms with Crippen LogP contribution in [-0.2, 0) is 0 Å². The first-order valence-corrected chi connectivity index (χ1v) is 7.34. The maximum atomic E-state index is 13.5. The second-order valence-electron chi connectivity index (χ2n) is 5.28. The summed E-state index contributed by atoms with van der Waals surface area (Å²) in [4.78, 5) is 14.3. The second-order valence-corrected chi connectivity index (χ2v) is 5.28. The zero-order chi connectivity index (χ0) is 15.2. The van der Waals surface area contributed by atoms with Gasteiger partial charge in [-0.25, -0.2) is 4.39 Å². The molecule has 1 fully saturated rings. The SMILES string of the molecule is CCC1CCN(C(=O)c2cc(F)ccc2C#CCCO)C1. The van der Waals surface area contributed by atoms with Crippen LogP contribution >= 0.6 is 0 Å². The summed E-state index contributed by atoms with van der Waals surface area (Å²) in [6.45, 7) is 3.54. The number of aliphatic hydroxyl groups excluding tert-OH is 1. The van der Waals surface area contributed by atoms with Crippen LogP contribution in [0.25, 0.3) is 0 Å². The summed E-state index contributed by atoms with van der Waals surface area (Å²) in [7, 11) is 0. The Kier molecular flexibility index (Phi) is 5.35. The standard InChI is InChI=1S/C17H20FNO2/c1-2-13-8-9-19(12-13)17(21)16-11-15(18)7-6-14(16)5-3-4-10-20/h6-7,11,13,20H,2,4,8-10,12H2,1H3.